The molecule has 0 bridgehead atoms. The van der Waals surface area contributed by atoms with Gasteiger partial charge in [0, 0.05) is 50.0 Å². The second-order valence-electron chi connectivity index (χ2n) is 16.3. The maximum Gasteiger partial charge on any atom is 0.410 e. The number of carbonyl (C=O) groups is 1. The number of hydrogen-bond acceptors (Lipinski definition) is 7. The third-order valence-electron chi connectivity index (χ3n) is 11.3. The molecule has 0 aliphatic carbocycles. The number of amides is 1. The molecule has 8 heteroatoms. The number of carbonyl (C=O) groups excluding carboxylic acids is 1. The molecule has 3 fully saturated rings. The predicted octanol–water partition coefficient (Wildman–Crippen LogP) is 9.24. The van der Waals surface area contributed by atoms with Gasteiger partial charge < -0.3 is 28.9 Å². The van der Waals surface area contributed by atoms with Crippen LogP contribution in [0, 0.1) is 11.3 Å². The van der Waals surface area contributed by atoms with Crippen LogP contribution in [0.5, 0.6) is 11.8 Å². The van der Waals surface area contributed by atoms with E-state index in [4.69, 9.17) is 19.2 Å². The first-order valence-corrected chi connectivity index (χ1v) is 19.6. The van der Waals surface area contributed by atoms with Crippen molar-refractivity contribution in [1.82, 2.24) is 14.8 Å². The molecule has 1 aromatic heterocycles. The number of likely N-dealkylation sites (tertiary alicyclic amines) is 2. The van der Waals surface area contributed by atoms with Gasteiger partial charge in [0.05, 0.1) is 0 Å². The quantitative estimate of drug-likeness (QED) is 0.162. The highest BCUT2D eigenvalue weighted by Crippen LogP contribution is 2.42. The fourth-order valence-corrected chi connectivity index (χ4v) is 8.08. The molecule has 0 saturated carbocycles. The Balaban J connectivity index is 0.902. The van der Waals surface area contributed by atoms with Crippen LogP contribution in [0.3, 0.4) is 0 Å². The van der Waals surface area contributed by atoms with Crippen molar-refractivity contribution in [1.29, 1.82) is 0 Å². The van der Waals surface area contributed by atoms with E-state index < -0.39 is 5.60 Å². The number of anilines is 1. The average Bonchev–Trinajstić information content (AvgIpc) is 3.18. The van der Waals surface area contributed by atoms with Crippen molar-refractivity contribution in [2.24, 2.45) is 11.3 Å². The van der Waals surface area contributed by atoms with Gasteiger partial charge in [-0.25, -0.2) is 4.79 Å². The van der Waals surface area contributed by atoms with Gasteiger partial charge in [0.25, 0.3) is 0 Å². The highest BCUT2D eigenvalue weighted by molar-refractivity contribution is 5.71. The molecule has 0 radical (unpaired) electrons. The lowest BCUT2D eigenvalue weighted by Gasteiger charge is -2.47. The molecular weight excluding hydrogens is 661 g/mol. The van der Waals surface area contributed by atoms with Crippen molar-refractivity contribution in [2.45, 2.75) is 78.1 Å². The monoisotopic (exact) mass is 716 g/mol. The molecule has 1 spiro atoms. The van der Waals surface area contributed by atoms with Crippen LogP contribution in [0.2, 0.25) is 0 Å². The molecule has 3 aliphatic heterocycles. The first-order valence-electron chi connectivity index (χ1n) is 19.6. The summed E-state index contributed by atoms with van der Waals surface area (Å²) in [6.07, 6.45) is 6.99. The van der Waals surface area contributed by atoms with Crippen LogP contribution in [-0.4, -0.2) is 72.3 Å². The van der Waals surface area contributed by atoms with E-state index in [-0.39, 0.29) is 6.09 Å². The number of pyridine rings is 1. The lowest BCUT2D eigenvalue weighted by Crippen LogP contribution is -2.50. The number of ether oxygens (including phenoxy) is 3. The molecule has 4 aromatic rings. The van der Waals surface area contributed by atoms with E-state index >= 15 is 0 Å². The van der Waals surface area contributed by atoms with Crippen LogP contribution in [0.1, 0.15) is 70.4 Å². The molecule has 53 heavy (non-hydrogen) atoms. The SMILES string of the molecule is CC(C)(C)OC(=O)N1CCC2(CCN(CC3CCN(c4ccc(-c5ccc(OCc6ccccc6)nc5OCc5ccccc5)cc4)CC3)CC2)CC1. The molecular formula is C45H56N4O4. The Hall–Kier alpha value is -4.56. The molecule has 3 aromatic carbocycles. The Bertz CT molecular complexity index is 1750. The lowest BCUT2D eigenvalue weighted by atomic mass is 9.71. The number of aromatic nitrogens is 1. The minimum absolute atomic E-state index is 0.154. The predicted molar refractivity (Wildman–Crippen MR) is 211 cm³/mol. The highest BCUT2D eigenvalue weighted by Gasteiger charge is 2.39. The molecule has 0 unspecified atom stereocenters. The van der Waals surface area contributed by atoms with Gasteiger partial charge >= 0.3 is 6.09 Å². The minimum atomic E-state index is -0.438. The smallest absolute Gasteiger partial charge is 0.410 e. The molecule has 8 nitrogen and oxygen atoms in total. The van der Waals surface area contributed by atoms with E-state index in [2.05, 4.69) is 64.4 Å². The second kappa shape index (κ2) is 16.6. The van der Waals surface area contributed by atoms with Crippen LogP contribution in [0.4, 0.5) is 10.5 Å². The molecule has 0 atom stereocenters. The molecule has 1 amide bonds. The largest absolute Gasteiger partial charge is 0.473 e. The first-order chi connectivity index (χ1) is 25.7. The van der Waals surface area contributed by atoms with Gasteiger partial charge in [-0.1, -0.05) is 72.8 Å². The summed E-state index contributed by atoms with van der Waals surface area (Å²) in [6.45, 7) is 14.1. The maximum atomic E-state index is 12.6. The van der Waals surface area contributed by atoms with E-state index in [9.17, 15) is 4.79 Å². The second-order valence-corrected chi connectivity index (χ2v) is 16.3. The van der Waals surface area contributed by atoms with E-state index in [1.54, 1.807) is 0 Å². The molecule has 4 heterocycles. The zero-order valence-electron chi connectivity index (χ0n) is 31.8. The lowest BCUT2D eigenvalue weighted by molar-refractivity contribution is -0.00396. The van der Waals surface area contributed by atoms with Crippen LogP contribution in [0.25, 0.3) is 11.1 Å². The van der Waals surface area contributed by atoms with E-state index in [0.29, 0.717) is 30.4 Å². The van der Waals surface area contributed by atoms with Gasteiger partial charge in [0.15, 0.2) is 0 Å². The summed E-state index contributed by atoms with van der Waals surface area (Å²) in [7, 11) is 0. The van der Waals surface area contributed by atoms with E-state index in [1.807, 2.05) is 68.1 Å². The van der Waals surface area contributed by atoms with Gasteiger partial charge in [-0.3, -0.25) is 0 Å². The van der Waals surface area contributed by atoms with Crippen molar-refractivity contribution in [3.8, 4) is 22.9 Å². The van der Waals surface area contributed by atoms with Crippen molar-refractivity contribution < 1.29 is 19.0 Å². The van der Waals surface area contributed by atoms with Crippen molar-refractivity contribution >= 4 is 11.8 Å². The summed E-state index contributed by atoms with van der Waals surface area (Å²) in [5.41, 5.74) is 5.45. The molecule has 7 rings (SSSR count). The van der Waals surface area contributed by atoms with Gasteiger partial charge in [0.2, 0.25) is 11.8 Å². The summed E-state index contributed by atoms with van der Waals surface area (Å²) in [5, 5.41) is 0. The summed E-state index contributed by atoms with van der Waals surface area (Å²) in [5.74, 6) is 1.86. The van der Waals surface area contributed by atoms with E-state index in [0.717, 1.165) is 67.2 Å². The fourth-order valence-electron chi connectivity index (χ4n) is 8.08. The molecule has 3 aliphatic rings. The van der Waals surface area contributed by atoms with Gasteiger partial charge in [-0.15, -0.1) is 0 Å². The third kappa shape index (κ3) is 9.91. The van der Waals surface area contributed by atoms with Crippen molar-refractivity contribution in [3.63, 3.8) is 0 Å². The molecule has 3 saturated heterocycles. The normalized spacial score (nSPS) is 18.2. The summed E-state index contributed by atoms with van der Waals surface area (Å²) in [6, 6.07) is 33.2. The Morgan fingerprint density at radius 2 is 1.30 bits per heavy atom. The zero-order chi connectivity index (χ0) is 36.7. The average molecular weight is 717 g/mol. The zero-order valence-corrected chi connectivity index (χ0v) is 31.8. The van der Waals surface area contributed by atoms with Crippen LogP contribution in [0.15, 0.2) is 97.1 Å². The molecule has 280 valence electrons. The fraction of sp³-hybridized carbons (Fsp3) is 0.467. The summed E-state index contributed by atoms with van der Waals surface area (Å²) in [4.78, 5) is 24.5. The third-order valence-corrected chi connectivity index (χ3v) is 11.3. The first kappa shape index (κ1) is 36.8. The minimum Gasteiger partial charge on any atom is -0.473 e. The Kier molecular flexibility index (Phi) is 11.5. The van der Waals surface area contributed by atoms with Crippen LogP contribution in [-0.2, 0) is 18.0 Å². The number of benzene rings is 3. The van der Waals surface area contributed by atoms with Crippen molar-refractivity contribution in [2.75, 3.05) is 50.7 Å². The Labute approximate surface area is 316 Å². The highest BCUT2D eigenvalue weighted by atomic mass is 16.6. The van der Waals surface area contributed by atoms with Crippen molar-refractivity contribution in [3.05, 3.63) is 108 Å². The van der Waals surface area contributed by atoms with Crippen LogP contribution >= 0.6 is 0 Å². The number of nitrogens with zero attached hydrogens (tertiary/aromatic N) is 4. The number of hydrogen-bond donors (Lipinski definition) is 0. The van der Waals surface area contributed by atoms with Crippen LogP contribution < -0.4 is 14.4 Å². The number of piperidine rings is 3. The van der Waals surface area contributed by atoms with E-state index in [1.165, 1.54) is 51.0 Å². The Morgan fingerprint density at radius 3 is 1.91 bits per heavy atom. The molecule has 0 N–H and O–H groups in total. The maximum absolute atomic E-state index is 12.6. The summed E-state index contributed by atoms with van der Waals surface area (Å²) < 4.78 is 18.0. The topological polar surface area (TPSA) is 67.4 Å². The number of rotatable bonds is 10. The summed E-state index contributed by atoms with van der Waals surface area (Å²) >= 11 is 0. The van der Waals surface area contributed by atoms with Gasteiger partial charge in [-0.05, 0) is 119 Å². The standard InChI is InChI=1S/C45H56N4O4/c1-44(2,3)53-43(50)49-30-24-45(25-31-49)22-28-47(29-23-45)32-35-20-26-48(27-21-35)39-16-14-38(15-17-39)40-18-19-41(51-33-36-10-6-4-7-11-36)46-42(40)52-34-37-12-8-5-9-13-37/h4-19,35H,20-34H2,1-3H3. The van der Waals surface area contributed by atoms with Gasteiger partial charge in [-0.2, -0.15) is 4.98 Å². The Morgan fingerprint density at radius 1 is 0.717 bits per heavy atom. The van der Waals surface area contributed by atoms with Gasteiger partial charge in [0.1, 0.15) is 18.8 Å².